The lowest BCUT2D eigenvalue weighted by Gasteiger charge is -2.02. The first kappa shape index (κ1) is 10.3. The van der Waals surface area contributed by atoms with Crippen molar-refractivity contribution in [2.45, 2.75) is 25.1 Å². The van der Waals surface area contributed by atoms with Gasteiger partial charge in [-0.3, -0.25) is 0 Å². The molecular formula is C9H8F3N5. The maximum atomic E-state index is 12.4. The molecule has 1 fully saturated rings. The zero-order valence-corrected chi connectivity index (χ0v) is 8.54. The van der Waals surface area contributed by atoms with Crippen molar-refractivity contribution in [2.75, 3.05) is 5.32 Å². The van der Waals surface area contributed by atoms with Gasteiger partial charge >= 0.3 is 6.18 Å². The second-order valence-electron chi connectivity index (χ2n) is 3.93. The van der Waals surface area contributed by atoms with E-state index in [0.717, 1.165) is 19.0 Å². The minimum atomic E-state index is -4.54. The van der Waals surface area contributed by atoms with Gasteiger partial charge in [0.1, 0.15) is 5.52 Å². The smallest absolute Gasteiger partial charge is 0.353 e. The highest BCUT2D eigenvalue weighted by molar-refractivity contribution is 5.72. The first-order valence-corrected chi connectivity index (χ1v) is 5.09. The fraction of sp³-hybridized carbons (Fsp3) is 0.444. The molecule has 0 bridgehead atoms. The fourth-order valence-electron chi connectivity index (χ4n) is 1.43. The van der Waals surface area contributed by atoms with Crippen molar-refractivity contribution in [1.82, 2.24) is 19.9 Å². The molecular weight excluding hydrogens is 235 g/mol. The van der Waals surface area contributed by atoms with Gasteiger partial charge in [0.2, 0.25) is 11.8 Å². The van der Waals surface area contributed by atoms with Gasteiger partial charge in [0.25, 0.3) is 0 Å². The zero-order valence-electron chi connectivity index (χ0n) is 8.54. The standard InChI is InChI=1S/C9H8F3N5/c10-9(11,12)7-13-3-5-6(16-7)17-8(15-5)14-4-1-2-4/h3-4H,1-2H2,(H2,13,14,15,16,17). The van der Waals surface area contributed by atoms with Crippen molar-refractivity contribution >= 4 is 17.1 Å². The first-order valence-electron chi connectivity index (χ1n) is 5.09. The summed E-state index contributed by atoms with van der Waals surface area (Å²) in [6.45, 7) is 0. The summed E-state index contributed by atoms with van der Waals surface area (Å²) in [7, 11) is 0. The van der Waals surface area contributed by atoms with Crippen molar-refractivity contribution in [2.24, 2.45) is 0 Å². The maximum Gasteiger partial charge on any atom is 0.451 e. The molecule has 2 aromatic rings. The highest BCUT2D eigenvalue weighted by Crippen LogP contribution is 2.27. The number of hydrogen-bond donors (Lipinski definition) is 2. The maximum absolute atomic E-state index is 12.4. The summed E-state index contributed by atoms with van der Waals surface area (Å²) in [6.07, 6.45) is -1.35. The normalized spacial score (nSPS) is 16.4. The van der Waals surface area contributed by atoms with Crippen molar-refractivity contribution in [1.29, 1.82) is 0 Å². The quantitative estimate of drug-likeness (QED) is 0.845. The molecule has 2 aromatic heterocycles. The number of H-pyrrole nitrogens is 1. The van der Waals surface area contributed by atoms with E-state index in [1.54, 1.807) is 0 Å². The summed E-state index contributed by atoms with van der Waals surface area (Å²) in [4.78, 5) is 13.4. The summed E-state index contributed by atoms with van der Waals surface area (Å²) in [5.41, 5.74) is 0.414. The van der Waals surface area contributed by atoms with E-state index in [2.05, 4.69) is 25.3 Å². The topological polar surface area (TPSA) is 66.5 Å². The van der Waals surface area contributed by atoms with E-state index in [0.29, 0.717) is 17.5 Å². The Bertz CT molecular complexity index is 557. The van der Waals surface area contributed by atoms with Crippen molar-refractivity contribution in [3.05, 3.63) is 12.0 Å². The second kappa shape index (κ2) is 3.31. The molecule has 0 saturated heterocycles. The summed E-state index contributed by atoms with van der Waals surface area (Å²) >= 11 is 0. The van der Waals surface area contributed by atoms with Gasteiger partial charge in [-0.05, 0) is 12.8 Å². The third kappa shape index (κ3) is 2.02. The van der Waals surface area contributed by atoms with Gasteiger partial charge in [-0.25, -0.2) is 9.97 Å². The number of fused-ring (bicyclic) bond motifs is 1. The Labute approximate surface area is 93.5 Å². The summed E-state index contributed by atoms with van der Waals surface area (Å²) in [6, 6.07) is 0.366. The van der Waals surface area contributed by atoms with E-state index in [-0.39, 0.29) is 5.65 Å². The van der Waals surface area contributed by atoms with Crippen LogP contribution in [0.3, 0.4) is 0 Å². The Morgan fingerprint density at radius 2 is 2.06 bits per heavy atom. The molecule has 0 aliphatic heterocycles. The molecule has 1 aliphatic carbocycles. The van der Waals surface area contributed by atoms with Gasteiger partial charge in [0, 0.05) is 6.04 Å². The highest BCUT2D eigenvalue weighted by atomic mass is 19.4. The molecule has 2 heterocycles. The van der Waals surface area contributed by atoms with Gasteiger partial charge in [-0.1, -0.05) is 0 Å². The first-order chi connectivity index (χ1) is 8.02. The van der Waals surface area contributed by atoms with Gasteiger partial charge in [0.05, 0.1) is 6.20 Å². The minimum absolute atomic E-state index is 0.0236. The number of aromatic amines is 1. The third-order valence-corrected chi connectivity index (χ3v) is 2.41. The van der Waals surface area contributed by atoms with Gasteiger partial charge in [0.15, 0.2) is 5.65 Å². The molecule has 17 heavy (non-hydrogen) atoms. The van der Waals surface area contributed by atoms with Gasteiger partial charge < -0.3 is 10.3 Å². The van der Waals surface area contributed by atoms with E-state index < -0.39 is 12.0 Å². The van der Waals surface area contributed by atoms with Crippen LogP contribution in [0.2, 0.25) is 0 Å². The molecule has 0 spiro atoms. The second-order valence-corrected chi connectivity index (χ2v) is 3.93. The molecule has 0 unspecified atom stereocenters. The largest absolute Gasteiger partial charge is 0.451 e. The number of alkyl halides is 3. The summed E-state index contributed by atoms with van der Waals surface area (Å²) in [5, 5.41) is 3.05. The molecule has 1 saturated carbocycles. The Morgan fingerprint density at radius 3 is 2.71 bits per heavy atom. The van der Waals surface area contributed by atoms with Crippen molar-refractivity contribution in [3.63, 3.8) is 0 Å². The van der Waals surface area contributed by atoms with Crippen LogP contribution in [0.25, 0.3) is 11.2 Å². The molecule has 1 aliphatic rings. The lowest BCUT2D eigenvalue weighted by atomic mass is 10.5. The van der Waals surface area contributed by atoms with Crippen molar-refractivity contribution < 1.29 is 13.2 Å². The number of nitrogens with one attached hydrogen (secondary N) is 2. The Hall–Kier alpha value is -1.86. The molecule has 2 N–H and O–H groups in total. The number of halogens is 3. The minimum Gasteiger partial charge on any atom is -0.353 e. The zero-order chi connectivity index (χ0) is 12.0. The summed E-state index contributed by atoms with van der Waals surface area (Å²) in [5.74, 6) is -0.731. The molecule has 0 aromatic carbocycles. The Balaban J connectivity index is 1.97. The Kier molecular flexibility index (Phi) is 2.01. The van der Waals surface area contributed by atoms with Crippen LogP contribution >= 0.6 is 0 Å². The number of hydrogen-bond acceptors (Lipinski definition) is 4. The van der Waals surface area contributed by atoms with Crippen LogP contribution in [0.15, 0.2) is 6.20 Å². The van der Waals surface area contributed by atoms with Crippen LogP contribution in [-0.4, -0.2) is 26.0 Å². The van der Waals surface area contributed by atoms with E-state index in [1.165, 1.54) is 0 Å². The number of imidazole rings is 1. The Morgan fingerprint density at radius 1 is 1.29 bits per heavy atom. The van der Waals surface area contributed by atoms with E-state index in [1.807, 2.05) is 0 Å². The van der Waals surface area contributed by atoms with Crippen LogP contribution in [0.1, 0.15) is 18.7 Å². The lowest BCUT2D eigenvalue weighted by molar-refractivity contribution is -0.144. The summed E-state index contributed by atoms with van der Waals surface area (Å²) < 4.78 is 37.1. The number of anilines is 1. The lowest BCUT2D eigenvalue weighted by Crippen LogP contribution is -2.10. The van der Waals surface area contributed by atoms with Gasteiger partial charge in [-0.15, -0.1) is 0 Å². The van der Waals surface area contributed by atoms with Crippen LogP contribution < -0.4 is 5.32 Å². The van der Waals surface area contributed by atoms with Crippen LogP contribution in [-0.2, 0) is 6.18 Å². The molecule has 5 nitrogen and oxygen atoms in total. The number of rotatable bonds is 2. The average molecular weight is 243 g/mol. The van der Waals surface area contributed by atoms with Crippen LogP contribution in [0.4, 0.5) is 19.1 Å². The molecule has 3 rings (SSSR count). The number of aromatic nitrogens is 4. The molecule has 8 heteroatoms. The van der Waals surface area contributed by atoms with E-state index >= 15 is 0 Å². The van der Waals surface area contributed by atoms with E-state index in [9.17, 15) is 13.2 Å². The molecule has 90 valence electrons. The van der Waals surface area contributed by atoms with Crippen molar-refractivity contribution in [3.8, 4) is 0 Å². The predicted octanol–water partition coefficient (Wildman–Crippen LogP) is 1.95. The molecule has 0 radical (unpaired) electrons. The average Bonchev–Trinajstić information content (AvgIpc) is 2.95. The fourth-order valence-corrected chi connectivity index (χ4v) is 1.43. The van der Waals surface area contributed by atoms with Crippen LogP contribution in [0, 0.1) is 0 Å². The molecule has 0 amide bonds. The highest BCUT2D eigenvalue weighted by Gasteiger charge is 2.35. The molecule has 0 atom stereocenters. The van der Waals surface area contributed by atoms with Gasteiger partial charge in [-0.2, -0.15) is 18.2 Å². The third-order valence-electron chi connectivity index (χ3n) is 2.41. The van der Waals surface area contributed by atoms with E-state index in [4.69, 9.17) is 0 Å². The monoisotopic (exact) mass is 243 g/mol. The predicted molar refractivity (Wildman–Crippen MR) is 53.3 cm³/mol. The SMILES string of the molecule is FC(F)(F)c1ncc2[nH]c(NC3CC3)nc2n1. The van der Waals surface area contributed by atoms with Crippen LogP contribution in [0.5, 0.6) is 0 Å². The number of nitrogens with zero attached hydrogens (tertiary/aromatic N) is 3.